The number of rotatable bonds is 5. The summed E-state index contributed by atoms with van der Waals surface area (Å²) in [5.41, 5.74) is 0.310. The van der Waals surface area contributed by atoms with E-state index >= 15 is 0 Å². The number of nitriles is 1. The van der Waals surface area contributed by atoms with Gasteiger partial charge in [-0.05, 0) is 74.8 Å². The number of piperidine rings is 1. The van der Waals surface area contributed by atoms with Crippen molar-refractivity contribution in [2.75, 3.05) is 29.9 Å². The van der Waals surface area contributed by atoms with Crippen molar-refractivity contribution in [3.8, 4) is 6.07 Å². The van der Waals surface area contributed by atoms with Crippen LogP contribution >= 0.6 is 11.6 Å². The Morgan fingerprint density at radius 1 is 1.24 bits per heavy atom. The molecule has 1 saturated heterocycles. The largest absolute Gasteiger partial charge is 0.390 e. The normalized spacial score (nSPS) is 30.8. The molecule has 2 N–H and O–H groups in total. The van der Waals surface area contributed by atoms with E-state index in [1.54, 1.807) is 16.9 Å². The summed E-state index contributed by atoms with van der Waals surface area (Å²) in [7, 11) is 3.85. The number of nitrogens with zero attached hydrogens (tertiary/aromatic N) is 6. The van der Waals surface area contributed by atoms with E-state index in [0.29, 0.717) is 28.3 Å². The summed E-state index contributed by atoms with van der Waals surface area (Å²) in [6.45, 7) is 1.68. The molecule has 4 aliphatic carbocycles. The summed E-state index contributed by atoms with van der Waals surface area (Å²) >= 11 is 6.81. The second-order valence-corrected chi connectivity index (χ2v) is 12.0. The molecule has 4 saturated carbocycles. The minimum atomic E-state index is -0.526. The number of amides is 1. The number of nitrogens with one attached hydrogen (secondary N) is 1. The lowest BCUT2D eigenvalue weighted by Crippen LogP contribution is -2.61. The van der Waals surface area contributed by atoms with Crippen LogP contribution in [0.15, 0.2) is 18.3 Å². The molecule has 2 aromatic rings. The van der Waals surface area contributed by atoms with E-state index in [1.807, 2.05) is 20.2 Å². The molecule has 5 fully saturated rings. The molecule has 5 aliphatic rings. The Balaban J connectivity index is 1.12. The van der Waals surface area contributed by atoms with Crippen LogP contribution in [0, 0.1) is 29.1 Å². The topological polar surface area (TPSA) is 110 Å². The number of carbonyl (C=O) groups excluding carboxylic acids is 1. The fraction of sp³-hybridized carbons (Fsp3) is 0.630. The smallest absolute Gasteiger partial charge is 0.273 e. The molecule has 1 amide bonds. The van der Waals surface area contributed by atoms with Crippen LogP contribution in [0.3, 0.4) is 0 Å². The van der Waals surface area contributed by atoms with Crippen molar-refractivity contribution in [3.63, 3.8) is 0 Å². The fourth-order valence-electron chi connectivity index (χ4n) is 7.75. The molecule has 2 unspecified atom stereocenters. The van der Waals surface area contributed by atoms with Gasteiger partial charge in [-0.2, -0.15) is 10.4 Å². The SMILES string of the molecule is CN(c1c(Cl)c(C(=O)NC2C3CC4CC2CC(O)(C4)C3)nn1C)C1CCN(c2ccc(C#N)cn2)CC1. The van der Waals surface area contributed by atoms with Crippen molar-refractivity contribution in [1.82, 2.24) is 20.1 Å². The van der Waals surface area contributed by atoms with E-state index in [9.17, 15) is 9.90 Å². The van der Waals surface area contributed by atoms with Crippen molar-refractivity contribution in [1.29, 1.82) is 5.26 Å². The number of aliphatic hydroxyl groups is 1. The zero-order valence-electron chi connectivity index (χ0n) is 21.4. The van der Waals surface area contributed by atoms with Crippen LogP contribution in [-0.4, -0.2) is 63.6 Å². The van der Waals surface area contributed by atoms with Gasteiger partial charge < -0.3 is 20.2 Å². The number of pyridine rings is 1. The average Bonchev–Trinajstić information content (AvgIpc) is 3.18. The van der Waals surface area contributed by atoms with E-state index in [0.717, 1.165) is 69.7 Å². The summed E-state index contributed by atoms with van der Waals surface area (Å²) in [6, 6.07) is 6.15. The molecule has 37 heavy (non-hydrogen) atoms. The van der Waals surface area contributed by atoms with Gasteiger partial charge in [0.2, 0.25) is 0 Å². The number of carbonyl (C=O) groups is 1. The second kappa shape index (κ2) is 9.17. The maximum atomic E-state index is 13.4. The van der Waals surface area contributed by atoms with Crippen molar-refractivity contribution >= 4 is 29.1 Å². The zero-order valence-corrected chi connectivity index (χ0v) is 22.2. The van der Waals surface area contributed by atoms with E-state index in [-0.39, 0.29) is 23.7 Å². The van der Waals surface area contributed by atoms with Gasteiger partial charge in [-0.25, -0.2) is 4.98 Å². The Morgan fingerprint density at radius 2 is 1.95 bits per heavy atom. The number of aryl methyl sites for hydroxylation is 1. The maximum Gasteiger partial charge on any atom is 0.273 e. The third-order valence-electron chi connectivity index (χ3n) is 9.26. The number of anilines is 2. The first-order valence-electron chi connectivity index (χ1n) is 13.3. The summed E-state index contributed by atoms with van der Waals surface area (Å²) in [5.74, 6) is 2.68. The summed E-state index contributed by atoms with van der Waals surface area (Å²) < 4.78 is 1.71. The highest BCUT2D eigenvalue weighted by molar-refractivity contribution is 6.36. The van der Waals surface area contributed by atoms with Crippen LogP contribution in [0.4, 0.5) is 11.6 Å². The van der Waals surface area contributed by atoms with Crippen LogP contribution in [0.1, 0.15) is 61.0 Å². The summed E-state index contributed by atoms with van der Waals surface area (Å²) in [6.07, 6.45) is 8.10. The molecule has 196 valence electrons. The quantitative estimate of drug-likeness (QED) is 0.619. The molecule has 0 aromatic carbocycles. The number of aromatic nitrogens is 3. The Labute approximate surface area is 222 Å². The molecule has 9 nitrogen and oxygen atoms in total. The van der Waals surface area contributed by atoms with Gasteiger partial charge in [0.1, 0.15) is 22.7 Å². The van der Waals surface area contributed by atoms with Crippen molar-refractivity contribution in [2.45, 2.75) is 62.6 Å². The highest BCUT2D eigenvalue weighted by Crippen LogP contribution is 2.55. The second-order valence-electron chi connectivity index (χ2n) is 11.6. The van der Waals surface area contributed by atoms with Gasteiger partial charge in [0, 0.05) is 45.5 Å². The highest BCUT2D eigenvalue weighted by Gasteiger charge is 2.55. The van der Waals surface area contributed by atoms with E-state index in [2.05, 4.69) is 31.3 Å². The van der Waals surface area contributed by atoms with Gasteiger partial charge in [0.05, 0.1) is 11.2 Å². The summed E-state index contributed by atoms with van der Waals surface area (Å²) in [5, 5.41) is 28.1. The lowest BCUT2D eigenvalue weighted by molar-refractivity contribution is -0.136. The minimum absolute atomic E-state index is 0.0868. The predicted octanol–water partition coefficient (Wildman–Crippen LogP) is 3.11. The monoisotopic (exact) mass is 523 g/mol. The summed E-state index contributed by atoms with van der Waals surface area (Å²) in [4.78, 5) is 22.2. The number of hydrogen-bond donors (Lipinski definition) is 2. The first-order chi connectivity index (χ1) is 17.7. The van der Waals surface area contributed by atoms with Crippen molar-refractivity contribution in [3.05, 3.63) is 34.6 Å². The van der Waals surface area contributed by atoms with E-state index in [4.69, 9.17) is 16.9 Å². The van der Waals surface area contributed by atoms with Crippen molar-refractivity contribution < 1.29 is 9.90 Å². The van der Waals surface area contributed by atoms with Gasteiger partial charge in [0.15, 0.2) is 5.69 Å². The fourth-order valence-corrected chi connectivity index (χ4v) is 8.13. The standard InChI is InChI=1S/C27H34ClN7O2/c1-33(20-5-7-35(8-6-20)21-4-3-16(14-29)15-30-21)26-22(28)24(32-34(26)2)25(36)31-23-18-9-17-10-19(23)13-27(37,11-17)12-18/h3-4,15,17-20,23,37H,5-13H2,1-2H3,(H,31,36). The Bertz CT molecular complexity index is 1210. The lowest BCUT2D eigenvalue weighted by atomic mass is 9.52. The third-order valence-corrected chi connectivity index (χ3v) is 9.61. The highest BCUT2D eigenvalue weighted by atomic mass is 35.5. The Morgan fingerprint density at radius 3 is 2.54 bits per heavy atom. The Hall–Kier alpha value is -2.83. The Kier molecular flexibility index (Phi) is 6.08. The van der Waals surface area contributed by atoms with Gasteiger partial charge in [-0.15, -0.1) is 0 Å². The first-order valence-corrected chi connectivity index (χ1v) is 13.7. The van der Waals surface area contributed by atoms with Gasteiger partial charge >= 0.3 is 0 Å². The molecule has 10 heteroatoms. The van der Waals surface area contributed by atoms with Gasteiger partial charge in [-0.3, -0.25) is 9.48 Å². The van der Waals surface area contributed by atoms with Gasteiger partial charge in [-0.1, -0.05) is 11.6 Å². The molecule has 0 spiro atoms. The first kappa shape index (κ1) is 24.5. The van der Waals surface area contributed by atoms with E-state index in [1.165, 1.54) is 0 Å². The molecule has 4 bridgehead atoms. The number of halogens is 1. The zero-order chi connectivity index (χ0) is 25.9. The van der Waals surface area contributed by atoms with Crippen LogP contribution in [0.25, 0.3) is 0 Å². The van der Waals surface area contributed by atoms with Crippen LogP contribution in [0.5, 0.6) is 0 Å². The van der Waals surface area contributed by atoms with Crippen LogP contribution in [-0.2, 0) is 7.05 Å². The molecule has 7 rings (SSSR count). The molecule has 0 radical (unpaired) electrons. The molecular weight excluding hydrogens is 490 g/mol. The van der Waals surface area contributed by atoms with Crippen LogP contribution < -0.4 is 15.1 Å². The van der Waals surface area contributed by atoms with Gasteiger partial charge in [0.25, 0.3) is 5.91 Å². The third kappa shape index (κ3) is 4.34. The molecule has 1 aliphatic heterocycles. The van der Waals surface area contributed by atoms with Crippen LogP contribution in [0.2, 0.25) is 5.02 Å². The maximum absolute atomic E-state index is 13.4. The molecule has 2 atom stereocenters. The lowest BCUT2D eigenvalue weighted by Gasteiger charge is -2.58. The predicted molar refractivity (Wildman–Crippen MR) is 141 cm³/mol. The molecule has 2 aromatic heterocycles. The number of hydrogen-bond acceptors (Lipinski definition) is 7. The minimum Gasteiger partial charge on any atom is -0.390 e. The van der Waals surface area contributed by atoms with E-state index < -0.39 is 5.60 Å². The average molecular weight is 524 g/mol. The molecular formula is C27H34ClN7O2. The molecule has 3 heterocycles. The van der Waals surface area contributed by atoms with Crippen molar-refractivity contribution in [2.24, 2.45) is 24.8 Å².